The fourth-order valence-electron chi connectivity index (χ4n) is 8.93. The second-order valence-corrected chi connectivity index (χ2v) is 18.3. The molecule has 2 amide bonds. The summed E-state index contributed by atoms with van der Waals surface area (Å²) in [6, 6.07) is 9.67. The Bertz CT molecular complexity index is 2990. The quantitative estimate of drug-likeness (QED) is 0.0908. The minimum Gasteiger partial charge on any atom is -0.441 e. The Morgan fingerprint density at radius 2 is 1.28 bits per heavy atom. The number of nitrogens with one attached hydrogen (secondary N) is 2. The molecule has 0 radical (unpaired) electrons. The highest BCUT2D eigenvalue weighted by molar-refractivity contribution is 6.06. The van der Waals surface area contributed by atoms with Gasteiger partial charge in [0.2, 0.25) is 0 Å². The average molecular weight is 1000 g/mol. The monoisotopic (exact) mass is 1000 g/mol. The smallest absolute Gasteiger partial charge is 0.391 e. The molecule has 4 atom stereocenters. The Labute approximate surface area is 409 Å². The van der Waals surface area contributed by atoms with Crippen molar-refractivity contribution in [2.45, 2.75) is 91.7 Å². The number of aromatic nitrogens is 6. The molecule has 4 bridgehead atoms. The van der Waals surface area contributed by atoms with Crippen molar-refractivity contribution in [1.82, 2.24) is 29.9 Å². The summed E-state index contributed by atoms with van der Waals surface area (Å²) in [5.74, 6) is -0.720. The number of urea groups is 1. The van der Waals surface area contributed by atoms with Crippen molar-refractivity contribution < 1.29 is 49.6 Å². The Morgan fingerprint density at radius 1 is 0.736 bits per heavy atom. The minimum absolute atomic E-state index is 0.0894. The molecule has 4 N–H and O–H groups in total. The number of pyridine rings is 4. The lowest BCUT2D eigenvalue weighted by Gasteiger charge is -2.36. The number of nitrogen functional groups attached to an aromatic ring is 1. The van der Waals surface area contributed by atoms with Crippen molar-refractivity contribution in [3.8, 4) is 22.6 Å². The van der Waals surface area contributed by atoms with Gasteiger partial charge in [0.25, 0.3) is 0 Å². The lowest BCUT2D eigenvalue weighted by molar-refractivity contribution is -0.169. The number of fused-ring (bicyclic) bond motifs is 8. The first-order chi connectivity index (χ1) is 34.0. The number of rotatable bonds is 9. The van der Waals surface area contributed by atoms with E-state index in [4.69, 9.17) is 14.6 Å². The van der Waals surface area contributed by atoms with Crippen LogP contribution in [0, 0.1) is 39.5 Å². The van der Waals surface area contributed by atoms with E-state index < -0.39 is 54.6 Å². The maximum atomic E-state index is 13.5. The molecule has 10 heterocycles. The molecule has 10 rings (SSSR count). The Hall–Kier alpha value is -7.59. The summed E-state index contributed by atoms with van der Waals surface area (Å²) in [7, 11) is 0. The molecule has 0 aliphatic carbocycles. The highest BCUT2D eigenvalue weighted by atomic mass is 19.4. The normalized spacial score (nSPS) is 17.4. The van der Waals surface area contributed by atoms with Gasteiger partial charge in [-0.1, -0.05) is 13.8 Å². The zero-order chi connectivity index (χ0) is 51.8. The molecule has 0 spiro atoms. The number of alkyl halides is 6. The number of nitrogens with zero attached hydrogens (tertiary/aromatic N) is 9. The second kappa shape index (κ2) is 20.3. The lowest BCUT2D eigenvalue weighted by atomic mass is 10.0. The maximum Gasteiger partial charge on any atom is 0.391 e. The molecule has 17 nitrogen and oxygen atoms in total. The number of hydrogen-bond acceptors (Lipinski definition) is 15. The molecule has 2 fully saturated rings. The third-order valence-electron chi connectivity index (χ3n) is 12.7. The summed E-state index contributed by atoms with van der Waals surface area (Å²) in [4.78, 5) is 69.1. The van der Waals surface area contributed by atoms with E-state index in [9.17, 15) is 40.7 Å². The number of anilines is 6. The molecule has 0 saturated carbocycles. The number of carbonyl (C=O) groups is 3. The second-order valence-electron chi connectivity index (χ2n) is 18.3. The summed E-state index contributed by atoms with van der Waals surface area (Å²) >= 11 is 0. The number of amides is 2. The van der Waals surface area contributed by atoms with Gasteiger partial charge < -0.3 is 29.7 Å². The van der Waals surface area contributed by atoms with Crippen LogP contribution in [0.2, 0.25) is 0 Å². The number of nitrogens with two attached hydrogens (primary N) is 1. The predicted octanol–water partition coefficient (Wildman–Crippen LogP) is 9.94. The topological polar surface area (TPSA) is 215 Å². The van der Waals surface area contributed by atoms with Crippen LogP contribution in [0.25, 0.3) is 22.6 Å². The Morgan fingerprint density at radius 3 is 1.85 bits per heavy atom. The van der Waals surface area contributed by atoms with Crippen LogP contribution >= 0.6 is 0 Å². The number of ketones is 2. The zero-order valence-electron chi connectivity index (χ0n) is 40.2. The first-order valence-electron chi connectivity index (χ1n) is 23.1. The van der Waals surface area contributed by atoms with Gasteiger partial charge in [0, 0.05) is 82.4 Å². The van der Waals surface area contributed by atoms with Gasteiger partial charge in [0.1, 0.15) is 23.0 Å². The van der Waals surface area contributed by atoms with Gasteiger partial charge in [-0.15, -0.1) is 0 Å². The fraction of sp³-hybridized carbons (Fsp3) is 0.408. The van der Waals surface area contributed by atoms with E-state index >= 15 is 0 Å². The van der Waals surface area contributed by atoms with Crippen LogP contribution in [0.15, 0.2) is 70.0 Å². The summed E-state index contributed by atoms with van der Waals surface area (Å²) in [6.07, 6.45) is -2.02. The third-order valence-corrected chi connectivity index (χ3v) is 12.7. The van der Waals surface area contributed by atoms with E-state index in [0.717, 1.165) is 50.2 Å². The zero-order valence-corrected chi connectivity index (χ0v) is 40.2. The van der Waals surface area contributed by atoms with Crippen molar-refractivity contribution in [2.24, 2.45) is 11.8 Å². The molecule has 4 aliphatic rings. The van der Waals surface area contributed by atoms with Gasteiger partial charge in [0.05, 0.1) is 41.6 Å². The molecule has 2 unspecified atom stereocenters. The van der Waals surface area contributed by atoms with Crippen LogP contribution in [-0.4, -0.2) is 98.1 Å². The summed E-state index contributed by atoms with van der Waals surface area (Å²) < 4.78 is 87.8. The Kier molecular flexibility index (Phi) is 14.3. The first kappa shape index (κ1) is 50.8. The largest absolute Gasteiger partial charge is 0.441 e. The minimum atomic E-state index is -4.48. The van der Waals surface area contributed by atoms with Gasteiger partial charge in [-0.3, -0.25) is 19.8 Å². The molecule has 0 aromatic carbocycles. The highest BCUT2D eigenvalue weighted by Gasteiger charge is 2.43. The van der Waals surface area contributed by atoms with Gasteiger partial charge >= 0.3 is 18.4 Å². The number of carbonyl (C=O) groups excluding carboxylic acids is 3. The van der Waals surface area contributed by atoms with E-state index in [1.54, 1.807) is 63.6 Å². The average Bonchev–Trinajstić information content (AvgIpc) is 4.14. The van der Waals surface area contributed by atoms with Crippen molar-refractivity contribution in [3.63, 3.8) is 0 Å². The number of Topliss-reactive ketones (excluding diaryl/α,β-unsaturated/α-hetero) is 2. The summed E-state index contributed by atoms with van der Waals surface area (Å²) in [5.41, 5.74) is 10.3. The van der Waals surface area contributed by atoms with Crippen LogP contribution in [0.3, 0.4) is 0 Å². The van der Waals surface area contributed by atoms with E-state index in [1.165, 1.54) is 17.2 Å². The summed E-state index contributed by atoms with van der Waals surface area (Å²) in [6.45, 7) is 12.3. The fourth-order valence-corrected chi connectivity index (χ4v) is 8.93. The molecular weight excluding hydrogens is 951 g/mol. The van der Waals surface area contributed by atoms with Crippen molar-refractivity contribution >= 4 is 52.2 Å². The van der Waals surface area contributed by atoms with Crippen molar-refractivity contribution in [2.75, 3.05) is 57.2 Å². The molecule has 6 aromatic rings. The lowest BCUT2D eigenvalue weighted by Crippen LogP contribution is -2.48. The van der Waals surface area contributed by atoms with Crippen molar-refractivity contribution in [3.05, 3.63) is 95.5 Å². The van der Waals surface area contributed by atoms with Crippen LogP contribution in [-0.2, 0) is 0 Å². The third kappa shape index (κ3) is 11.3. The molecule has 4 aliphatic heterocycles. The molecule has 2 saturated heterocycles. The van der Waals surface area contributed by atoms with Crippen LogP contribution in [0.5, 0.6) is 0 Å². The molecule has 72 heavy (non-hydrogen) atoms. The van der Waals surface area contributed by atoms with Gasteiger partial charge in [-0.25, -0.2) is 34.7 Å². The van der Waals surface area contributed by atoms with Gasteiger partial charge in [-0.05, 0) is 74.2 Å². The first-order valence-corrected chi connectivity index (χ1v) is 23.1. The molecule has 6 aromatic heterocycles. The highest BCUT2D eigenvalue weighted by Crippen LogP contribution is 2.43. The Balaban J connectivity index is 0.000000166. The number of hydrogen-bond donors (Lipinski definition) is 3. The SMILES string of the molecule is Cc1cc(C(=O)CC(C)C(F)(F)F)nc2c1N1CC[C@@H](C1)N2.Cc1ncc(-c2ccnc(N)c2)o1.Cc1ncc(-c2ccnc(NC(=O)N3c4nc(C(=O)CC(C)C(F)(F)F)cc(C)c4N4CC[C@H]3C4)c2)o1. The van der Waals surface area contributed by atoms with E-state index in [0.29, 0.717) is 77.3 Å². The molecule has 23 heteroatoms. The molecule has 380 valence electrons. The number of oxazole rings is 2. The molecular formula is C49H52F6N12O5. The standard InChI is InChI=1S/C25H25F3N6O3.C15H18F3N3O.C9H9N3O/c1-13-8-18(19(35)9-14(2)25(26,27)28)31-23-22(13)33-7-5-17(12-33)34(23)24(36)32-21-10-16(4-6-29-21)20-11-30-15(3)37-20;1-8-5-11(12(22)6-9(2)15(16,17)18)20-14-13(8)21-4-3-10(7-21)19-14;1-6-12-5-8(13-6)7-2-3-11-9(10)4-7/h4,6,8,10-11,14,17H,5,7,9,12H2,1-3H3,(H,29,32,36);5,9-10H,3-4,6-7H2,1-2H3,(H,19,20);2-5H,1H3,(H2,10,11)/t14?,17-;9?,10-;/m00./s1. The van der Waals surface area contributed by atoms with E-state index in [2.05, 4.69) is 50.3 Å². The van der Waals surface area contributed by atoms with Crippen LogP contribution in [0.1, 0.15) is 83.4 Å². The van der Waals surface area contributed by atoms with Gasteiger partial charge in [0.15, 0.2) is 46.5 Å². The van der Waals surface area contributed by atoms with E-state index in [1.807, 2.05) is 13.0 Å². The van der Waals surface area contributed by atoms with Crippen LogP contribution in [0.4, 0.5) is 65.8 Å². The number of aryl methyl sites for hydroxylation is 4. The van der Waals surface area contributed by atoms with Crippen molar-refractivity contribution in [1.29, 1.82) is 0 Å². The maximum absolute atomic E-state index is 13.5. The predicted molar refractivity (Wildman–Crippen MR) is 256 cm³/mol. The number of halogens is 6. The summed E-state index contributed by atoms with van der Waals surface area (Å²) in [5, 5.41) is 6.07. The van der Waals surface area contributed by atoms with E-state index in [-0.39, 0.29) is 29.1 Å². The van der Waals surface area contributed by atoms with Gasteiger partial charge in [-0.2, -0.15) is 26.3 Å². The van der Waals surface area contributed by atoms with Crippen LogP contribution < -0.4 is 31.1 Å².